The van der Waals surface area contributed by atoms with Crippen LogP contribution in [-0.4, -0.2) is 29.6 Å². The number of methoxy groups -OCH3 is 1. The van der Waals surface area contributed by atoms with Gasteiger partial charge in [0.05, 0.1) is 7.11 Å². The van der Waals surface area contributed by atoms with E-state index >= 15 is 0 Å². The minimum atomic E-state index is -0.433. The Morgan fingerprint density at radius 2 is 2.05 bits per heavy atom. The fourth-order valence-corrected chi connectivity index (χ4v) is 1.66. The van der Waals surface area contributed by atoms with Gasteiger partial charge in [-0.1, -0.05) is 0 Å². The summed E-state index contributed by atoms with van der Waals surface area (Å²) in [4.78, 5) is 19.3. The minimum absolute atomic E-state index is 0.302. The molecule has 0 unspecified atom stereocenters. The highest BCUT2D eigenvalue weighted by atomic mass is 16.5. The average molecular weight is 257 g/mol. The summed E-state index contributed by atoms with van der Waals surface area (Å²) in [6.45, 7) is 0.772. The molecule has 1 N–H and O–H groups in total. The Balaban J connectivity index is 1.91. The molecule has 0 amide bonds. The summed E-state index contributed by atoms with van der Waals surface area (Å²) in [6.07, 6.45) is 6.02. The van der Waals surface area contributed by atoms with Gasteiger partial charge in [-0.25, -0.2) is 9.78 Å². The van der Waals surface area contributed by atoms with Gasteiger partial charge in [0.25, 0.3) is 0 Å². The molecule has 0 saturated heterocycles. The molecule has 0 aliphatic heterocycles. The number of hydrogen-bond acceptors (Lipinski definition) is 5. The first kappa shape index (κ1) is 13.0. The minimum Gasteiger partial charge on any atom is -0.464 e. The van der Waals surface area contributed by atoms with Crippen molar-refractivity contribution in [3.8, 4) is 0 Å². The first-order valence-electron chi connectivity index (χ1n) is 5.97. The van der Waals surface area contributed by atoms with E-state index in [0.717, 1.165) is 18.7 Å². The standard InChI is InChI=1S/C14H15N3O2/c1-19-14(18)13-10-12(5-9-17-13)16-8-4-11-2-6-15-7-3-11/h2-3,5-7,9-10H,4,8H2,1H3,(H,16,17). The zero-order chi connectivity index (χ0) is 13.5. The highest BCUT2D eigenvalue weighted by Gasteiger charge is 2.06. The van der Waals surface area contributed by atoms with Gasteiger partial charge in [0.15, 0.2) is 0 Å². The molecule has 2 aromatic heterocycles. The van der Waals surface area contributed by atoms with Crippen molar-refractivity contribution in [3.63, 3.8) is 0 Å². The van der Waals surface area contributed by atoms with Gasteiger partial charge in [0.2, 0.25) is 0 Å². The Bertz CT molecular complexity index is 543. The van der Waals surface area contributed by atoms with E-state index < -0.39 is 5.97 Å². The summed E-state index contributed by atoms with van der Waals surface area (Å²) in [5, 5.41) is 3.24. The summed E-state index contributed by atoms with van der Waals surface area (Å²) in [7, 11) is 1.34. The molecule has 19 heavy (non-hydrogen) atoms. The first-order valence-corrected chi connectivity index (χ1v) is 5.97. The molecule has 0 spiro atoms. The molecule has 0 aromatic carbocycles. The number of nitrogens with zero attached hydrogens (tertiary/aromatic N) is 2. The molecule has 0 fully saturated rings. The molecule has 0 aliphatic rings. The summed E-state index contributed by atoms with van der Waals surface area (Å²) >= 11 is 0. The number of pyridine rings is 2. The predicted molar refractivity (Wildman–Crippen MR) is 72.0 cm³/mol. The molecule has 5 heteroatoms. The van der Waals surface area contributed by atoms with E-state index in [1.807, 2.05) is 18.2 Å². The number of hydrogen-bond donors (Lipinski definition) is 1. The zero-order valence-corrected chi connectivity index (χ0v) is 10.7. The van der Waals surface area contributed by atoms with E-state index in [9.17, 15) is 4.79 Å². The van der Waals surface area contributed by atoms with Crippen LogP contribution in [0.4, 0.5) is 5.69 Å². The lowest BCUT2D eigenvalue weighted by Gasteiger charge is -2.07. The quantitative estimate of drug-likeness (QED) is 0.829. The van der Waals surface area contributed by atoms with Crippen molar-refractivity contribution in [2.24, 2.45) is 0 Å². The number of rotatable bonds is 5. The topological polar surface area (TPSA) is 64.1 Å². The Morgan fingerprint density at radius 3 is 2.79 bits per heavy atom. The Kier molecular flexibility index (Phi) is 4.44. The fourth-order valence-electron chi connectivity index (χ4n) is 1.66. The molecule has 0 bridgehead atoms. The second-order valence-corrected chi connectivity index (χ2v) is 3.95. The van der Waals surface area contributed by atoms with Crippen molar-refractivity contribution in [2.45, 2.75) is 6.42 Å². The third-order valence-corrected chi connectivity index (χ3v) is 2.65. The van der Waals surface area contributed by atoms with E-state index in [1.54, 1.807) is 24.7 Å². The number of nitrogens with one attached hydrogen (secondary N) is 1. The molecule has 5 nitrogen and oxygen atoms in total. The number of carbonyl (C=O) groups is 1. The van der Waals surface area contributed by atoms with Crippen LogP contribution in [0.25, 0.3) is 0 Å². The van der Waals surface area contributed by atoms with Crippen LogP contribution in [0, 0.1) is 0 Å². The monoisotopic (exact) mass is 257 g/mol. The fraction of sp³-hybridized carbons (Fsp3) is 0.214. The third-order valence-electron chi connectivity index (χ3n) is 2.65. The Morgan fingerprint density at radius 1 is 1.26 bits per heavy atom. The van der Waals surface area contributed by atoms with Crippen LogP contribution >= 0.6 is 0 Å². The van der Waals surface area contributed by atoms with Crippen molar-refractivity contribution in [2.75, 3.05) is 19.0 Å². The smallest absolute Gasteiger partial charge is 0.356 e. The van der Waals surface area contributed by atoms with E-state index in [1.165, 1.54) is 12.7 Å². The molecule has 0 atom stereocenters. The predicted octanol–water partition coefficient (Wildman–Crippen LogP) is 1.92. The van der Waals surface area contributed by atoms with E-state index in [0.29, 0.717) is 5.69 Å². The lowest BCUT2D eigenvalue weighted by atomic mass is 10.2. The normalized spacial score (nSPS) is 9.95. The van der Waals surface area contributed by atoms with Crippen molar-refractivity contribution in [3.05, 3.63) is 54.1 Å². The van der Waals surface area contributed by atoms with Crippen LogP contribution in [-0.2, 0) is 11.2 Å². The Hall–Kier alpha value is -2.43. The highest BCUT2D eigenvalue weighted by molar-refractivity contribution is 5.88. The largest absolute Gasteiger partial charge is 0.464 e. The highest BCUT2D eigenvalue weighted by Crippen LogP contribution is 2.09. The molecule has 2 rings (SSSR count). The maximum absolute atomic E-state index is 11.3. The maximum atomic E-state index is 11.3. The summed E-state index contributed by atoms with van der Waals surface area (Å²) < 4.78 is 4.63. The van der Waals surface area contributed by atoms with Crippen LogP contribution in [0.15, 0.2) is 42.9 Å². The molecular formula is C14H15N3O2. The summed E-state index contributed by atoms with van der Waals surface area (Å²) in [5.41, 5.74) is 2.37. The van der Waals surface area contributed by atoms with Crippen LogP contribution < -0.4 is 5.32 Å². The number of carbonyl (C=O) groups excluding carboxylic acids is 1. The van der Waals surface area contributed by atoms with Crippen LogP contribution in [0.3, 0.4) is 0 Å². The summed E-state index contributed by atoms with van der Waals surface area (Å²) in [5.74, 6) is -0.433. The lowest BCUT2D eigenvalue weighted by molar-refractivity contribution is 0.0594. The van der Waals surface area contributed by atoms with E-state index in [-0.39, 0.29) is 0 Å². The molecule has 0 radical (unpaired) electrons. The second kappa shape index (κ2) is 6.49. The molecule has 2 heterocycles. The van der Waals surface area contributed by atoms with Gasteiger partial charge in [-0.2, -0.15) is 0 Å². The second-order valence-electron chi connectivity index (χ2n) is 3.95. The SMILES string of the molecule is COC(=O)c1cc(NCCc2ccncc2)ccn1. The van der Waals surface area contributed by atoms with Gasteiger partial charge >= 0.3 is 5.97 Å². The summed E-state index contributed by atoms with van der Waals surface area (Å²) in [6, 6.07) is 7.46. The molecular weight excluding hydrogens is 242 g/mol. The van der Waals surface area contributed by atoms with E-state index in [2.05, 4.69) is 20.0 Å². The molecule has 98 valence electrons. The van der Waals surface area contributed by atoms with Crippen molar-refractivity contribution in [1.29, 1.82) is 0 Å². The van der Waals surface area contributed by atoms with Gasteiger partial charge in [0, 0.05) is 30.8 Å². The number of ether oxygens (including phenoxy) is 1. The third kappa shape index (κ3) is 3.77. The van der Waals surface area contributed by atoms with Crippen molar-refractivity contribution < 1.29 is 9.53 Å². The van der Waals surface area contributed by atoms with Crippen molar-refractivity contribution >= 4 is 11.7 Å². The van der Waals surface area contributed by atoms with Gasteiger partial charge in [-0.05, 0) is 36.2 Å². The van der Waals surface area contributed by atoms with E-state index in [4.69, 9.17) is 0 Å². The Labute approximate surface area is 111 Å². The lowest BCUT2D eigenvalue weighted by Crippen LogP contribution is -2.08. The van der Waals surface area contributed by atoms with Crippen LogP contribution in [0.2, 0.25) is 0 Å². The van der Waals surface area contributed by atoms with Gasteiger partial charge in [-0.3, -0.25) is 4.98 Å². The van der Waals surface area contributed by atoms with Gasteiger partial charge < -0.3 is 10.1 Å². The van der Waals surface area contributed by atoms with Gasteiger partial charge in [0.1, 0.15) is 5.69 Å². The maximum Gasteiger partial charge on any atom is 0.356 e. The zero-order valence-electron chi connectivity index (χ0n) is 10.7. The number of esters is 1. The van der Waals surface area contributed by atoms with Crippen molar-refractivity contribution in [1.82, 2.24) is 9.97 Å². The van der Waals surface area contributed by atoms with Crippen LogP contribution in [0.5, 0.6) is 0 Å². The number of aromatic nitrogens is 2. The number of anilines is 1. The first-order chi connectivity index (χ1) is 9.29. The molecule has 0 aliphatic carbocycles. The average Bonchev–Trinajstić information content (AvgIpc) is 2.48. The molecule has 0 saturated carbocycles. The van der Waals surface area contributed by atoms with Gasteiger partial charge in [-0.15, -0.1) is 0 Å². The van der Waals surface area contributed by atoms with Crippen LogP contribution in [0.1, 0.15) is 16.1 Å². The molecule has 2 aromatic rings.